The number of pyridine rings is 2. The molecule has 3 nitrogen and oxygen atoms in total. The molecule has 0 radical (unpaired) electrons. The van der Waals surface area contributed by atoms with Gasteiger partial charge < -0.3 is 4.42 Å². The number of benzene rings is 2. The third-order valence-electron chi connectivity index (χ3n) is 6.04. The van der Waals surface area contributed by atoms with E-state index in [0.29, 0.717) is 11.6 Å². The topological polar surface area (TPSA) is 29.9 Å². The van der Waals surface area contributed by atoms with Crippen molar-refractivity contribution in [1.29, 1.82) is 0 Å². The molecule has 0 aliphatic heterocycles. The Morgan fingerprint density at radius 1 is 1.00 bits per heavy atom. The maximum atomic E-state index is 14.4. The van der Waals surface area contributed by atoms with Crippen molar-refractivity contribution in [2.75, 3.05) is 0 Å². The van der Waals surface area contributed by atoms with E-state index in [2.05, 4.69) is 60.8 Å². The predicted octanol–water partition coefficient (Wildman–Crippen LogP) is 6.79. The number of fused-ring (bicyclic) bond motifs is 3. The highest BCUT2D eigenvalue weighted by molar-refractivity contribution is 6.08. The Kier molecular flexibility index (Phi) is 5.01. The van der Waals surface area contributed by atoms with E-state index in [1.165, 1.54) is 0 Å². The lowest BCUT2D eigenvalue weighted by atomic mass is 9.95. The second-order valence-corrected chi connectivity index (χ2v) is 8.91. The zero-order valence-corrected chi connectivity index (χ0v) is 18.8. The van der Waals surface area contributed by atoms with Gasteiger partial charge >= 0.3 is 0 Å². The molecule has 0 spiro atoms. The second-order valence-electron chi connectivity index (χ2n) is 8.91. The number of hydrogen-bond acceptors (Lipinski definition) is 2. The number of halogens is 1. The van der Waals surface area contributed by atoms with Crippen molar-refractivity contribution in [3.63, 3.8) is 0 Å². The third-order valence-corrected chi connectivity index (χ3v) is 6.04. The van der Waals surface area contributed by atoms with E-state index in [1.807, 2.05) is 31.3 Å². The zero-order chi connectivity index (χ0) is 22.4. The Hall–Kier alpha value is -3.53. The molecule has 0 amide bonds. The standard InChI is InChI=1S/C28H26FN2O/c1-17(2)14-21-15-19(8-10-24(21)29)20-11-13-31(4)25(16-20)26-18(3)7-9-22-23-6-5-12-30-28(23)32-27(22)26/h5-13,15-17H,14H2,1-4H3/q+1. The molecule has 0 atom stereocenters. The van der Waals surface area contributed by atoms with Crippen LogP contribution < -0.4 is 4.57 Å². The fraction of sp³-hybridized carbons (Fsp3) is 0.214. The van der Waals surface area contributed by atoms with Crippen molar-refractivity contribution in [3.8, 4) is 22.4 Å². The highest BCUT2D eigenvalue weighted by Gasteiger charge is 2.22. The molecular formula is C28H26FN2O+. The van der Waals surface area contributed by atoms with Crippen molar-refractivity contribution < 1.29 is 13.4 Å². The number of aryl methyl sites for hydroxylation is 2. The van der Waals surface area contributed by atoms with Gasteiger partial charge in [-0.05, 0) is 65.8 Å². The highest BCUT2D eigenvalue weighted by atomic mass is 19.1. The first-order valence-electron chi connectivity index (χ1n) is 11.0. The van der Waals surface area contributed by atoms with Crippen LogP contribution in [0.5, 0.6) is 0 Å². The van der Waals surface area contributed by atoms with E-state index in [4.69, 9.17) is 4.42 Å². The lowest BCUT2D eigenvalue weighted by Crippen LogP contribution is -2.30. The van der Waals surface area contributed by atoms with Crippen molar-refractivity contribution >= 4 is 22.1 Å². The van der Waals surface area contributed by atoms with Gasteiger partial charge in [0.1, 0.15) is 12.9 Å². The van der Waals surface area contributed by atoms with Crippen molar-refractivity contribution in [1.82, 2.24) is 4.98 Å². The summed E-state index contributed by atoms with van der Waals surface area (Å²) < 4.78 is 22.7. The average molecular weight is 426 g/mol. The van der Waals surface area contributed by atoms with Crippen LogP contribution in [-0.4, -0.2) is 4.98 Å². The van der Waals surface area contributed by atoms with Crippen LogP contribution in [0.25, 0.3) is 44.5 Å². The first kappa shape index (κ1) is 20.4. The number of nitrogens with zero attached hydrogens (tertiary/aromatic N) is 2. The smallest absolute Gasteiger partial charge is 0.227 e. The molecule has 4 heteroatoms. The summed E-state index contributed by atoms with van der Waals surface area (Å²) in [7, 11) is 2.03. The molecule has 0 bridgehead atoms. The summed E-state index contributed by atoms with van der Waals surface area (Å²) in [4.78, 5) is 4.40. The molecule has 5 aromatic rings. The summed E-state index contributed by atoms with van der Waals surface area (Å²) in [6, 6.07) is 17.9. The van der Waals surface area contributed by atoms with E-state index in [-0.39, 0.29) is 5.82 Å². The normalized spacial score (nSPS) is 11.7. The van der Waals surface area contributed by atoms with Gasteiger partial charge in [-0.2, -0.15) is 0 Å². The first-order chi connectivity index (χ1) is 15.4. The summed E-state index contributed by atoms with van der Waals surface area (Å²) in [6.45, 7) is 6.32. The molecule has 0 unspecified atom stereocenters. The Bertz CT molecular complexity index is 1470. The Balaban J connectivity index is 1.71. The molecule has 160 valence electrons. The minimum absolute atomic E-state index is 0.139. The van der Waals surface area contributed by atoms with E-state index >= 15 is 0 Å². The molecule has 5 rings (SSSR count). The van der Waals surface area contributed by atoms with Gasteiger partial charge in [-0.25, -0.2) is 13.9 Å². The van der Waals surface area contributed by atoms with Gasteiger partial charge in [0.25, 0.3) is 0 Å². The molecule has 0 saturated heterocycles. The van der Waals surface area contributed by atoms with Crippen LogP contribution in [0.2, 0.25) is 0 Å². The summed E-state index contributed by atoms with van der Waals surface area (Å²) in [5, 5.41) is 2.07. The molecule has 0 aliphatic rings. The van der Waals surface area contributed by atoms with Crippen LogP contribution in [0, 0.1) is 18.7 Å². The number of furan rings is 1. The Morgan fingerprint density at radius 2 is 1.81 bits per heavy atom. The largest absolute Gasteiger partial charge is 0.437 e. The lowest BCUT2D eigenvalue weighted by Gasteiger charge is -2.11. The van der Waals surface area contributed by atoms with Gasteiger partial charge in [-0.15, -0.1) is 0 Å². The van der Waals surface area contributed by atoms with Gasteiger partial charge in [0.15, 0.2) is 11.8 Å². The van der Waals surface area contributed by atoms with Gasteiger partial charge in [-0.3, -0.25) is 0 Å². The lowest BCUT2D eigenvalue weighted by molar-refractivity contribution is -0.660. The number of aromatic nitrogens is 2. The molecular weight excluding hydrogens is 399 g/mol. The van der Waals surface area contributed by atoms with Crippen molar-refractivity contribution in [2.24, 2.45) is 13.0 Å². The van der Waals surface area contributed by atoms with Crippen LogP contribution in [0.15, 0.2) is 71.4 Å². The maximum Gasteiger partial charge on any atom is 0.227 e. The monoisotopic (exact) mass is 425 g/mol. The molecule has 2 aromatic carbocycles. The molecule has 0 aliphatic carbocycles. The SMILES string of the molecule is Cc1ccc2c(oc3ncccc32)c1-c1cc(-c2ccc(F)c(CC(C)C)c2)cc[n+]1C. The highest BCUT2D eigenvalue weighted by Crippen LogP contribution is 2.37. The van der Waals surface area contributed by atoms with Gasteiger partial charge in [0, 0.05) is 29.1 Å². The quantitative estimate of drug-likeness (QED) is 0.297. The molecule has 3 aromatic heterocycles. The maximum absolute atomic E-state index is 14.4. The second kappa shape index (κ2) is 7.86. The minimum atomic E-state index is -0.139. The van der Waals surface area contributed by atoms with Crippen molar-refractivity contribution in [2.45, 2.75) is 27.2 Å². The summed E-state index contributed by atoms with van der Waals surface area (Å²) in [6.07, 6.45) is 4.52. The van der Waals surface area contributed by atoms with Crippen molar-refractivity contribution in [3.05, 3.63) is 83.9 Å². The summed E-state index contributed by atoms with van der Waals surface area (Å²) in [5.74, 6) is 0.255. The first-order valence-corrected chi connectivity index (χ1v) is 11.0. The van der Waals surface area contributed by atoms with Crippen LogP contribution >= 0.6 is 0 Å². The fourth-order valence-corrected chi connectivity index (χ4v) is 4.44. The number of rotatable bonds is 4. The van der Waals surface area contributed by atoms with Crippen LogP contribution in [0.3, 0.4) is 0 Å². The fourth-order valence-electron chi connectivity index (χ4n) is 4.44. The van der Waals surface area contributed by atoms with Crippen LogP contribution in [0.1, 0.15) is 25.0 Å². The minimum Gasteiger partial charge on any atom is -0.437 e. The van der Waals surface area contributed by atoms with Gasteiger partial charge in [0.2, 0.25) is 11.4 Å². The molecule has 32 heavy (non-hydrogen) atoms. The van der Waals surface area contributed by atoms with E-state index in [1.54, 1.807) is 12.3 Å². The average Bonchev–Trinajstić information content (AvgIpc) is 3.14. The Morgan fingerprint density at radius 3 is 2.62 bits per heavy atom. The van der Waals surface area contributed by atoms with Crippen LogP contribution in [0.4, 0.5) is 4.39 Å². The molecule has 0 N–H and O–H groups in total. The molecule has 0 fully saturated rings. The van der Waals surface area contributed by atoms with E-state index in [0.717, 1.165) is 56.3 Å². The van der Waals surface area contributed by atoms with Crippen LogP contribution in [-0.2, 0) is 13.5 Å². The number of hydrogen-bond donors (Lipinski definition) is 0. The van der Waals surface area contributed by atoms with Gasteiger partial charge in [-0.1, -0.05) is 32.0 Å². The predicted molar refractivity (Wildman–Crippen MR) is 127 cm³/mol. The Labute approximate surface area is 187 Å². The molecule has 0 saturated carbocycles. The third kappa shape index (κ3) is 3.46. The molecule has 3 heterocycles. The zero-order valence-electron chi connectivity index (χ0n) is 18.8. The van der Waals surface area contributed by atoms with E-state index < -0.39 is 0 Å². The van der Waals surface area contributed by atoms with Gasteiger partial charge in [0.05, 0.1) is 5.56 Å². The van der Waals surface area contributed by atoms with E-state index in [9.17, 15) is 4.39 Å². The summed E-state index contributed by atoms with van der Waals surface area (Å²) in [5.41, 5.74) is 7.52. The summed E-state index contributed by atoms with van der Waals surface area (Å²) >= 11 is 0.